The molecule has 4 rings (SSSR count). The van der Waals surface area contributed by atoms with E-state index in [4.69, 9.17) is 0 Å². The number of hydrogen-bond acceptors (Lipinski definition) is 4. The Bertz CT molecular complexity index is 1010. The second kappa shape index (κ2) is 10.3. The molecule has 1 aliphatic heterocycles. The number of pyridine rings is 1. The molecular weight excluding hydrogens is 404 g/mol. The highest BCUT2D eigenvalue weighted by Crippen LogP contribution is 2.29. The number of nitrogens with zero attached hydrogens (tertiary/aromatic N) is 3. The van der Waals surface area contributed by atoms with Crippen LogP contribution in [0.1, 0.15) is 37.3 Å². The monoisotopic (exact) mass is 436 g/mol. The van der Waals surface area contributed by atoms with Crippen LogP contribution in [0.5, 0.6) is 0 Å². The summed E-state index contributed by atoms with van der Waals surface area (Å²) in [6, 6.07) is 13.3. The molecular formula is C25H32N4OS. The Hall–Kier alpha value is -2.31. The van der Waals surface area contributed by atoms with Crippen LogP contribution in [0.4, 0.5) is 0 Å². The second-order valence-electron chi connectivity index (χ2n) is 8.50. The van der Waals surface area contributed by atoms with E-state index in [1.54, 1.807) is 11.8 Å². The average Bonchev–Trinajstić information content (AvgIpc) is 3.18. The van der Waals surface area contributed by atoms with Crippen molar-refractivity contribution in [3.63, 3.8) is 0 Å². The fraction of sp³-hybridized carbons (Fsp3) is 0.440. The first-order chi connectivity index (χ1) is 15.1. The number of benzene rings is 1. The van der Waals surface area contributed by atoms with Crippen LogP contribution in [-0.4, -0.2) is 46.0 Å². The Balaban J connectivity index is 1.33. The van der Waals surface area contributed by atoms with E-state index in [9.17, 15) is 4.79 Å². The topological polar surface area (TPSA) is 50.2 Å². The number of amides is 1. The van der Waals surface area contributed by atoms with Crippen LogP contribution in [0.3, 0.4) is 0 Å². The van der Waals surface area contributed by atoms with E-state index in [1.807, 2.05) is 23.0 Å². The molecule has 0 aliphatic carbocycles. The number of carbonyl (C=O) groups excluding carboxylic acids is 1. The minimum atomic E-state index is 0.0628. The van der Waals surface area contributed by atoms with Gasteiger partial charge in [-0.15, -0.1) is 11.8 Å². The zero-order chi connectivity index (χ0) is 21.6. The van der Waals surface area contributed by atoms with E-state index in [-0.39, 0.29) is 5.91 Å². The molecule has 0 spiro atoms. The lowest BCUT2D eigenvalue weighted by Crippen LogP contribution is -2.42. The van der Waals surface area contributed by atoms with Crippen molar-refractivity contribution >= 4 is 28.6 Å². The molecule has 5 nitrogen and oxygen atoms in total. The van der Waals surface area contributed by atoms with Crippen molar-refractivity contribution in [1.82, 2.24) is 19.8 Å². The Morgan fingerprint density at radius 2 is 2.03 bits per heavy atom. The predicted octanol–water partition coefficient (Wildman–Crippen LogP) is 4.63. The van der Waals surface area contributed by atoms with Gasteiger partial charge in [-0.25, -0.2) is 4.98 Å². The fourth-order valence-electron chi connectivity index (χ4n) is 4.22. The van der Waals surface area contributed by atoms with E-state index in [1.165, 1.54) is 30.4 Å². The van der Waals surface area contributed by atoms with E-state index in [2.05, 4.69) is 59.4 Å². The number of hydrogen-bond donors (Lipinski definition) is 1. The van der Waals surface area contributed by atoms with E-state index in [0.717, 1.165) is 34.8 Å². The molecule has 0 saturated carbocycles. The van der Waals surface area contributed by atoms with Crippen LogP contribution in [0, 0.1) is 6.92 Å². The van der Waals surface area contributed by atoms with E-state index < -0.39 is 0 Å². The highest BCUT2D eigenvalue weighted by molar-refractivity contribution is 7.98. The van der Waals surface area contributed by atoms with E-state index in [0.29, 0.717) is 19.1 Å². The number of aromatic nitrogens is 2. The molecule has 1 atom stereocenters. The molecule has 0 bridgehead atoms. The van der Waals surface area contributed by atoms with Crippen molar-refractivity contribution in [2.24, 2.45) is 0 Å². The minimum Gasteiger partial charge on any atom is -0.353 e. The molecule has 2 aromatic heterocycles. The van der Waals surface area contributed by atoms with Gasteiger partial charge in [0.05, 0.1) is 5.52 Å². The molecule has 1 amide bonds. The van der Waals surface area contributed by atoms with Crippen molar-refractivity contribution in [1.29, 1.82) is 0 Å². The lowest BCUT2D eigenvalue weighted by molar-refractivity contribution is -0.121. The Kier molecular flexibility index (Phi) is 7.30. The van der Waals surface area contributed by atoms with Crippen molar-refractivity contribution in [3.8, 4) is 0 Å². The SMILES string of the molecule is Cc1ccc(CSc2nccc3c2ccn3CC(=O)NCCN2CCCCC2C)cc1. The Labute approximate surface area is 189 Å². The zero-order valence-electron chi connectivity index (χ0n) is 18.5. The van der Waals surface area contributed by atoms with Gasteiger partial charge in [0.1, 0.15) is 11.6 Å². The number of carbonyl (C=O) groups is 1. The first kappa shape index (κ1) is 21.9. The van der Waals surface area contributed by atoms with Crippen molar-refractivity contribution in [2.45, 2.75) is 56.5 Å². The summed E-state index contributed by atoms with van der Waals surface area (Å²) in [6.07, 6.45) is 7.69. The quantitative estimate of drug-likeness (QED) is 0.523. The highest BCUT2D eigenvalue weighted by atomic mass is 32.2. The summed E-state index contributed by atoms with van der Waals surface area (Å²) in [4.78, 5) is 19.6. The standard InChI is InChI=1S/C25H32N4OS/c1-19-6-8-21(9-7-19)18-31-25-22-11-15-29(23(22)10-12-27-25)17-24(30)26-13-16-28-14-4-3-5-20(28)2/h6-12,15,20H,3-5,13-14,16-18H2,1-2H3,(H,26,30). The summed E-state index contributed by atoms with van der Waals surface area (Å²) >= 11 is 1.74. The van der Waals surface area contributed by atoms with Crippen molar-refractivity contribution in [2.75, 3.05) is 19.6 Å². The third-order valence-electron chi connectivity index (χ3n) is 6.13. The largest absolute Gasteiger partial charge is 0.353 e. The normalized spacial score (nSPS) is 17.2. The molecule has 1 aliphatic rings. The fourth-order valence-corrected chi connectivity index (χ4v) is 5.18. The van der Waals surface area contributed by atoms with Gasteiger partial charge in [-0.3, -0.25) is 9.69 Å². The van der Waals surface area contributed by atoms with Gasteiger partial charge in [0.25, 0.3) is 0 Å². The maximum Gasteiger partial charge on any atom is 0.239 e. The maximum absolute atomic E-state index is 12.5. The molecule has 0 radical (unpaired) electrons. The molecule has 3 heterocycles. The summed E-state index contributed by atoms with van der Waals surface area (Å²) in [5.74, 6) is 0.945. The summed E-state index contributed by atoms with van der Waals surface area (Å²) < 4.78 is 2.02. The lowest BCUT2D eigenvalue weighted by atomic mass is 10.0. The molecule has 1 fully saturated rings. The van der Waals surface area contributed by atoms with Crippen LogP contribution >= 0.6 is 11.8 Å². The van der Waals surface area contributed by atoms with Gasteiger partial charge >= 0.3 is 0 Å². The smallest absolute Gasteiger partial charge is 0.239 e. The van der Waals surface area contributed by atoms with Crippen molar-refractivity contribution < 1.29 is 4.79 Å². The number of nitrogens with one attached hydrogen (secondary N) is 1. The molecule has 3 aromatic rings. The third kappa shape index (κ3) is 5.69. The van der Waals surface area contributed by atoms with Gasteiger partial charge in [0.2, 0.25) is 5.91 Å². The number of likely N-dealkylation sites (tertiary alicyclic amines) is 1. The number of thioether (sulfide) groups is 1. The number of rotatable bonds is 8. The first-order valence-corrected chi connectivity index (χ1v) is 12.2. The van der Waals surface area contributed by atoms with Gasteiger partial charge < -0.3 is 9.88 Å². The predicted molar refractivity (Wildman–Crippen MR) is 128 cm³/mol. The molecule has 164 valence electrons. The first-order valence-electron chi connectivity index (χ1n) is 11.2. The zero-order valence-corrected chi connectivity index (χ0v) is 19.3. The summed E-state index contributed by atoms with van der Waals surface area (Å²) in [6.45, 7) is 7.52. The lowest BCUT2D eigenvalue weighted by Gasteiger charge is -2.33. The van der Waals surface area contributed by atoms with Gasteiger partial charge in [-0.2, -0.15) is 0 Å². The highest BCUT2D eigenvalue weighted by Gasteiger charge is 2.17. The molecule has 1 saturated heterocycles. The van der Waals surface area contributed by atoms with Gasteiger partial charge in [0, 0.05) is 42.7 Å². The van der Waals surface area contributed by atoms with Crippen LogP contribution in [0.15, 0.2) is 53.8 Å². The number of fused-ring (bicyclic) bond motifs is 1. The molecule has 1 aromatic carbocycles. The van der Waals surface area contributed by atoms with E-state index >= 15 is 0 Å². The number of piperidine rings is 1. The summed E-state index contributed by atoms with van der Waals surface area (Å²) in [5.41, 5.74) is 3.62. The van der Waals surface area contributed by atoms with Crippen LogP contribution < -0.4 is 5.32 Å². The van der Waals surface area contributed by atoms with Crippen LogP contribution in [0.25, 0.3) is 10.9 Å². The van der Waals surface area contributed by atoms with Crippen molar-refractivity contribution in [3.05, 3.63) is 59.9 Å². The van der Waals surface area contributed by atoms with Crippen LogP contribution in [-0.2, 0) is 17.1 Å². The average molecular weight is 437 g/mol. The van der Waals surface area contributed by atoms with Gasteiger partial charge in [-0.05, 0) is 50.9 Å². The summed E-state index contributed by atoms with van der Waals surface area (Å²) in [7, 11) is 0. The molecule has 31 heavy (non-hydrogen) atoms. The minimum absolute atomic E-state index is 0.0628. The second-order valence-corrected chi connectivity index (χ2v) is 9.46. The maximum atomic E-state index is 12.5. The molecule has 1 N–H and O–H groups in total. The van der Waals surface area contributed by atoms with Gasteiger partial charge in [-0.1, -0.05) is 36.2 Å². The Morgan fingerprint density at radius 1 is 1.19 bits per heavy atom. The Morgan fingerprint density at radius 3 is 2.84 bits per heavy atom. The van der Waals surface area contributed by atoms with Gasteiger partial charge in [0.15, 0.2) is 0 Å². The van der Waals surface area contributed by atoms with Crippen LogP contribution in [0.2, 0.25) is 0 Å². The third-order valence-corrected chi connectivity index (χ3v) is 7.21. The molecule has 6 heteroatoms. The molecule has 1 unspecified atom stereocenters. The summed E-state index contributed by atoms with van der Waals surface area (Å²) in [5, 5.41) is 5.21. The number of aryl methyl sites for hydroxylation is 1.